The van der Waals surface area contributed by atoms with Crippen LogP contribution in [0.15, 0.2) is 48.5 Å². The highest BCUT2D eigenvalue weighted by atomic mass is 16.5. The largest absolute Gasteiger partial charge is 0.495 e. The molecular formula is C19H22N2O3. The molecule has 2 amide bonds. The molecule has 2 rings (SSSR count). The van der Waals surface area contributed by atoms with Gasteiger partial charge in [-0.1, -0.05) is 36.4 Å². The fourth-order valence-electron chi connectivity index (χ4n) is 2.34. The third-order valence-electron chi connectivity index (χ3n) is 3.55. The van der Waals surface area contributed by atoms with Crippen LogP contribution in [0.25, 0.3) is 0 Å². The summed E-state index contributed by atoms with van der Waals surface area (Å²) in [6.07, 6.45) is 1.16. The van der Waals surface area contributed by atoms with Gasteiger partial charge in [0, 0.05) is 19.9 Å². The van der Waals surface area contributed by atoms with Crippen LogP contribution in [0.3, 0.4) is 0 Å². The first kappa shape index (κ1) is 17.5. The SMILES string of the molecule is COc1ccc(CNC(=O)CCc2ccccc2)cc1NC(C)=O. The minimum absolute atomic E-state index is 0.00394. The van der Waals surface area contributed by atoms with Crippen LogP contribution in [-0.2, 0) is 22.6 Å². The maximum Gasteiger partial charge on any atom is 0.221 e. The van der Waals surface area contributed by atoms with Crippen molar-refractivity contribution in [1.29, 1.82) is 0 Å². The van der Waals surface area contributed by atoms with Gasteiger partial charge >= 0.3 is 0 Å². The van der Waals surface area contributed by atoms with Crippen molar-refractivity contribution in [3.05, 3.63) is 59.7 Å². The third kappa shape index (κ3) is 5.43. The van der Waals surface area contributed by atoms with E-state index >= 15 is 0 Å². The van der Waals surface area contributed by atoms with Crippen molar-refractivity contribution in [2.75, 3.05) is 12.4 Å². The molecule has 0 bridgehead atoms. The molecule has 2 aromatic carbocycles. The van der Waals surface area contributed by atoms with Gasteiger partial charge in [0.15, 0.2) is 0 Å². The Bertz CT molecular complexity index is 699. The van der Waals surface area contributed by atoms with Crippen LogP contribution < -0.4 is 15.4 Å². The molecule has 2 aromatic rings. The van der Waals surface area contributed by atoms with Gasteiger partial charge in [-0.2, -0.15) is 0 Å². The average Bonchev–Trinajstić information content (AvgIpc) is 2.58. The lowest BCUT2D eigenvalue weighted by molar-refractivity contribution is -0.121. The fraction of sp³-hybridized carbons (Fsp3) is 0.263. The van der Waals surface area contributed by atoms with E-state index in [-0.39, 0.29) is 11.8 Å². The zero-order valence-corrected chi connectivity index (χ0v) is 14.0. The van der Waals surface area contributed by atoms with Crippen LogP contribution in [0.1, 0.15) is 24.5 Å². The van der Waals surface area contributed by atoms with Crippen LogP contribution in [0.2, 0.25) is 0 Å². The van der Waals surface area contributed by atoms with Gasteiger partial charge < -0.3 is 15.4 Å². The lowest BCUT2D eigenvalue weighted by atomic mass is 10.1. The molecule has 5 heteroatoms. The number of hydrogen-bond donors (Lipinski definition) is 2. The smallest absolute Gasteiger partial charge is 0.221 e. The Morgan fingerprint density at radius 3 is 2.46 bits per heavy atom. The van der Waals surface area contributed by atoms with Gasteiger partial charge in [0.2, 0.25) is 11.8 Å². The minimum atomic E-state index is -0.169. The normalized spacial score (nSPS) is 10.1. The predicted octanol–water partition coefficient (Wildman–Crippen LogP) is 2.90. The van der Waals surface area contributed by atoms with Gasteiger partial charge in [-0.3, -0.25) is 9.59 Å². The summed E-state index contributed by atoms with van der Waals surface area (Å²) in [6, 6.07) is 15.4. The number of hydrogen-bond acceptors (Lipinski definition) is 3. The van der Waals surface area contributed by atoms with Gasteiger partial charge in [0.1, 0.15) is 5.75 Å². The third-order valence-corrected chi connectivity index (χ3v) is 3.55. The molecule has 0 fully saturated rings. The molecule has 0 aliphatic heterocycles. The number of ether oxygens (including phenoxy) is 1. The molecule has 0 spiro atoms. The lowest BCUT2D eigenvalue weighted by Crippen LogP contribution is -2.23. The molecule has 0 saturated carbocycles. The zero-order valence-electron chi connectivity index (χ0n) is 14.0. The van der Waals surface area contributed by atoms with E-state index < -0.39 is 0 Å². The van der Waals surface area contributed by atoms with E-state index in [1.54, 1.807) is 19.2 Å². The molecule has 0 radical (unpaired) electrons. The van der Waals surface area contributed by atoms with Crippen molar-refractivity contribution in [1.82, 2.24) is 5.32 Å². The molecular weight excluding hydrogens is 304 g/mol. The number of methoxy groups -OCH3 is 1. The minimum Gasteiger partial charge on any atom is -0.495 e. The summed E-state index contributed by atoms with van der Waals surface area (Å²) in [4.78, 5) is 23.2. The van der Waals surface area contributed by atoms with Crippen molar-refractivity contribution in [3.8, 4) is 5.75 Å². The highest BCUT2D eigenvalue weighted by Crippen LogP contribution is 2.25. The maximum atomic E-state index is 12.0. The van der Waals surface area contributed by atoms with E-state index in [2.05, 4.69) is 10.6 Å². The topological polar surface area (TPSA) is 67.4 Å². The molecule has 0 aliphatic carbocycles. The molecule has 0 heterocycles. The molecule has 0 unspecified atom stereocenters. The van der Waals surface area contributed by atoms with Crippen LogP contribution in [0.4, 0.5) is 5.69 Å². The summed E-state index contributed by atoms with van der Waals surface area (Å²) < 4.78 is 5.21. The van der Waals surface area contributed by atoms with Crippen LogP contribution in [0.5, 0.6) is 5.75 Å². The van der Waals surface area contributed by atoms with Crippen LogP contribution >= 0.6 is 0 Å². The second kappa shape index (κ2) is 8.72. The Labute approximate surface area is 142 Å². The Balaban J connectivity index is 1.89. The Morgan fingerprint density at radius 2 is 1.79 bits per heavy atom. The van der Waals surface area contributed by atoms with Crippen molar-refractivity contribution < 1.29 is 14.3 Å². The average molecular weight is 326 g/mol. The quantitative estimate of drug-likeness (QED) is 0.822. The summed E-state index contributed by atoms with van der Waals surface area (Å²) in [5.74, 6) is 0.414. The van der Waals surface area contributed by atoms with E-state index in [4.69, 9.17) is 4.74 Å². The standard InChI is InChI=1S/C19H22N2O3/c1-14(22)21-17-12-16(8-10-18(17)24-2)13-20-19(23)11-9-15-6-4-3-5-7-15/h3-8,10,12H,9,11,13H2,1-2H3,(H,20,23)(H,21,22). The highest BCUT2D eigenvalue weighted by Gasteiger charge is 2.07. The number of carbonyl (C=O) groups is 2. The van der Waals surface area contributed by atoms with Gasteiger partial charge in [-0.15, -0.1) is 0 Å². The number of benzene rings is 2. The lowest BCUT2D eigenvalue weighted by Gasteiger charge is -2.12. The summed E-state index contributed by atoms with van der Waals surface area (Å²) >= 11 is 0. The molecule has 5 nitrogen and oxygen atoms in total. The summed E-state index contributed by atoms with van der Waals surface area (Å²) in [7, 11) is 1.55. The van der Waals surface area contributed by atoms with Crippen LogP contribution in [-0.4, -0.2) is 18.9 Å². The van der Waals surface area contributed by atoms with Gasteiger partial charge in [0.25, 0.3) is 0 Å². The van der Waals surface area contributed by atoms with Crippen molar-refractivity contribution in [2.45, 2.75) is 26.3 Å². The summed E-state index contributed by atoms with van der Waals surface area (Å²) in [6.45, 7) is 1.85. The monoisotopic (exact) mass is 326 g/mol. The Hall–Kier alpha value is -2.82. The van der Waals surface area contributed by atoms with E-state index in [1.807, 2.05) is 36.4 Å². The first-order valence-corrected chi connectivity index (χ1v) is 7.83. The molecule has 0 aliphatic rings. The molecule has 0 saturated heterocycles. The fourth-order valence-corrected chi connectivity index (χ4v) is 2.34. The molecule has 2 N–H and O–H groups in total. The number of amides is 2. The molecule has 24 heavy (non-hydrogen) atoms. The van der Waals surface area contributed by atoms with E-state index in [1.165, 1.54) is 6.92 Å². The van der Waals surface area contributed by atoms with Gasteiger partial charge in [-0.25, -0.2) is 0 Å². The Kier molecular flexibility index (Phi) is 6.37. The zero-order chi connectivity index (χ0) is 17.4. The molecule has 126 valence electrons. The van der Waals surface area contributed by atoms with Gasteiger partial charge in [0.05, 0.1) is 12.8 Å². The molecule has 0 atom stereocenters. The number of carbonyl (C=O) groups excluding carboxylic acids is 2. The summed E-state index contributed by atoms with van der Waals surface area (Å²) in [5, 5.41) is 5.62. The number of rotatable bonds is 7. The van der Waals surface area contributed by atoms with Crippen LogP contribution in [0, 0.1) is 0 Å². The number of aryl methyl sites for hydroxylation is 1. The Morgan fingerprint density at radius 1 is 1.04 bits per heavy atom. The van der Waals surface area contributed by atoms with E-state index in [0.717, 1.165) is 11.1 Å². The number of nitrogens with one attached hydrogen (secondary N) is 2. The van der Waals surface area contributed by atoms with Crippen molar-refractivity contribution in [3.63, 3.8) is 0 Å². The first-order valence-electron chi connectivity index (χ1n) is 7.83. The molecule has 0 aromatic heterocycles. The first-order chi connectivity index (χ1) is 11.6. The predicted molar refractivity (Wildman–Crippen MR) is 93.9 cm³/mol. The van der Waals surface area contributed by atoms with Crippen molar-refractivity contribution in [2.24, 2.45) is 0 Å². The van der Waals surface area contributed by atoms with Gasteiger partial charge in [-0.05, 0) is 29.7 Å². The number of anilines is 1. The second-order valence-electron chi connectivity index (χ2n) is 5.48. The van der Waals surface area contributed by atoms with E-state index in [9.17, 15) is 9.59 Å². The maximum absolute atomic E-state index is 12.0. The van der Waals surface area contributed by atoms with Crippen molar-refractivity contribution >= 4 is 17.5 Å². The summed E-state index contributed by atoms with van der Waals surface area (Å²) in [5.41, 5.74) is 2.64. The highest BCUT2D eigenvalue weighted by molar-refractivity contribution is 5.90. The second-order valence-corrected chi connectivity index (χ2v) is 5.48. The van der Waals surface area contributed by atoms with E-state index in [0.29, 0.717) is 30.8 Å².